The van der Waals surface area contributed by atoms with Crippen LogP contribution in [0.1, 0.15) is 44.0 Å². The number of methoxy groups -OCH3 is 1. The van der Waals surface area contributed by atoms with E-state index in [0.717, 1.165) is 48.8 Å². The van der Waals surface area contributed by atoms with Gasteiger partial charge in [0, 0.05) is 35.3 Å². The summed E-state index contributed by atoms with van der Waals surface area (Å²) in [5, 5.41) is 11.3. The van der Waals surface area contributed by atoms with Crippen LogP contribution in [-0.4, -0.2) is 41.0 Å². The van der Waals surface area contributed by atoms with Crippen LogP contribution in [0.4, 0.5) is 0 Å². The van der Waals surface area contributed by atoms with Crippen molar-refractivity contribution in [3.05, 3.63) is 41.3 Å². The number of carbonyl (C=O) groups excluding carboxylic acids is 1. The summed E-state index contributed by atoms with van der Waals surface area (Å²) in [4.78, 5) is 18.4. The lowest BCUT2D eigenvalue weighted by molar-refractivity contribution is -0.114. The molecule has 27 heavy (non-hydrogen) atoms. The van der Waals surface area contributed by atoms with Gasteiger partial charge in [-0.2, -0.15) is 0 Å². The number of aromatic nitrogens is 1. The number of hydrogen-bond donors (Lipinski definition) is 2. The second-order valence-electron chi connectivity index (χ2n) is 7.85. The summed E-state index contributed by atoms with van der Waals surface area (Å²) >= 11 is 0. The topological polar surface area (TPSA) is 65.6 Å². The first-order chi connectivity index (χ1) is 13.0. The van der Waals surface area contributed by atoms with Gasteiger partial charge in [0.15, 0.2) is 5.78 Å². The molecule has 0 bridgehead atoms. The molecule has 2 aliphatic rings. The zero-order chi connectivity index (χ0) is 19.1. The number of hydrogen-bond acceptors (Lipinski definition) is 4. The number of rotatable bonds is 4. The van der Waals surface area contributed by atoms with E-state index < -0.39 is 0 Å². The second kappa shape index (κ2) is 7.04. The molecule has 5 heteroatoms. The number of aromatic hydroxyl groups is 1. The number of aromatic amines is 1. The van der Waals surface area contributed by atoms with Crippen molar-refractivity contribution in [3.63, 3.8) is 0 Å². The molecule has 0 spiro atoms. The number of H-pyrrole nitrogens is 1. The molecule has 144 valence electrons. The Labute approximate surface area is 160 Å². The van der Waals surface area contributed by atoms with E-state index in [1.807, 2.05) is 12.1 Å². The minimum atomic E-state index is 0.0964. The van der Waals surface area contributed by atoms with Gasteiger partial charge in [0.2, 0.25) is 0 Å². The normalized spacial score (nSPS) is 25.9. The molecule has 2 aliphatic heterocycles. The average Bonchev–Trinajstić information content (AvgIpc) is 3.05. The average molecular weight is 368 g/mol. The summed E-state index contributed by atoms with van der Waals surface area (Å²) < 4.78 is 5.24. The summed E-state index contributed by atoms with van der Waals surface area (Å²) in [6.07, 6.45) is 4.53. The molecule has 0 amide bonds. The highest BCUT2D eigenvalue weighted by Crippen LogP contribution is 2.46. The predicted octanol–water partition coefficient (Wildman–Crippen LogP) is 3.94. The van der Waals surface area contributed by atoms with Crippen molar-refractivity contribution in [2.24, 2.45) is 11.8 Å². The Balaban J connectivity index is 1.76. The van der Waals surface area contributed by atoms with Crippen LogP contribution in [0, 0.1) is 11.8 Å². The van der Waals surface area contributed by atoms with E-state index in [4.69, 9.17) is 4.74 Å². The van der Waals surface area contributed by atoms with Gasteiger partial charge in [-0.1, -0.05) is 19.4 Å². The lowest BCUT2D eigenvalue weighted by Gasteiger charge is -2.46. The number of phenolic OH excluding ortho intramolecular Hbond substituents is 1. The van der Waals surface area contributed by atoms with Gasteiger partial charge < -0.3 is 14.8 Å². The molecule has 1 saturated heterocycles. The quantitative estimate of drug-likeness (QED) is 0.634. The van der Waals surface area contributed by atoms with Gasteiger partial charge in [0.25, 0.3) is 0 Å². The van der Waals surface area contributed by atoms with Crippen LogP contribution in [0.2, 0.25) is 0 Å². The Morgan fingerprint density at radius 1 is 1.44 bits per heavy atom. The van der Waals surface area contributed by atoms with Crippen LogP contribution in [0.25, 0.3) is 10.9 Å². The number of carbonyl (C=O) groups is 1. The molecule has 1 aromatic heterocycles. The van der Waals surface area contributed by atoms with Crippen LogP contribution >= 0.6 is 0 Å². The molecule has 0 saturated carbocycles. The Morgan fingerprint density at radius 2 is 2.26 bits per heavy atom. The van der Waals surface area contributed by atoms with Crippen LogP contribution in [-0.2, 0) is 16.0 Å². The molecule has 1 fully saturated rings. The first kappa shape index (κ1) is 18.1. The summed E-state index contributed by atoms with van der Waals surface area (Å²) in [5.41, 5.74) is 4.24. The first-order valence-electron chi connectivity index (χ1n) is 9.85. The van der Waals surface area contributed by atoms with E-state index in [2.05, 4.69) is 16.8 Å². The van der Waals surface area contributed by atoms with E-state index in [1.54, 1.807) is 26.4 Å². The largest absolute Gasteiger partial charge is 0.507 e. The molecule has 0 unspecified atom stereocenters. The van der Waals surface area contributed by atoms with Gasteiger partial charge in [-0.3, -0.25) is 9.69 Å². The molecule has 4 rings (SSSR count). The van der Waals surface area contributed by atoms with Crippen molar-refractivity contribution in [2.45, 2.75) is 39.2 Å². The molecule has 0 radical (unpaired) electrons. The number of allylic oxidation sites excluding steroid dienone is 1. The van der Waals surface area contributed by atoms with Gasteiger partial charge in [0.1, 0.15) is 5.75 Å². The van der Waals surface area contributed by atoms with Gasteiger partial charge in [0.05, 0.1) is 19.4 Å². The number of piperidine rings is 1. The van der Waals surface area contributed by atoms with E-state index in [1.165, 1.54) is 11.3 Å². The number of phenols is 1. The summed E-state index contributed by atoms with van der Waals surface area (Å²) in [7, 11) is 1.61. The SMILES string of the molecule is CC[C@@H]1CN2CCc3c([nH]c4cccc(O)c34)[C@@H]2C[C@@H]1/C(=C\OC)C(C)=O. The Hall–Kier alpha value is -2.27. The van der Waals surface area contributed by atoms with Crippen LogP contribution in [0.3, 0.4) is 0 Å². The highest BCUT2D eigenvalue weighted by molar-refractivity contribution is 5.93. The number of benzene rings is 1. The lowest BCUT2D eigenvalue weighted by atomic mass is 9.73. The fourth-order valence-electron chi connectivity index (χ4n) is 5.15. The number of ether oxygens (including phenoxy) is 1. The third-order valence-corrected chi connectivity index (χ3v) is 6.45. The molecule has 2 N–H and O–H groups in total. The van der Waals surface area contributed by atoms with Crippen LogP contribution in [0.15, 0.2) is 30.0 Å². The number of nitrogens with one attached hydrogen (secondary N) is 1. The highest BCUT2D eigenvalue weighted by atomic mass is 16.5. The van der Waals surface area contributed by atoms with Gasteiger partial charge in [-0.15, -0.1) is 0 Å². The fourth-order valence-corrected chi connectivity index (χ4v) is 5.15. The Bertz CT molecular complexity index is 898. The standard InChI is InChI=1S/C22H28N2O3/c1-4-14-11-24-9-8-15-21-18(6-5-7-20(21)26)23-22(15)19(24)10-16(14)17(12-27-3)13(2)25/h5-7,12,14,16,19,23,26H,4,8-11H2,1-3H3/b17-12-/t14-,16+,19+/m1/s1. The Morgan fingerprint density at radius 3 is 2.96 bits per heavy atom. The van der Waals surface area contributed by atoms with Crippen LogP contribution in [0.5, 0.6) is 5.75 Å². The van der Waals surface area contributed by atoms with E-state index in [-0.39, 0.29) is 17.7 Å². The molecule has 5 nitrogen and oxygen atoms in total. The van der Waals surface area contributed by atoms with Gasteiger partial charge in [-0.25, -0.2) is 0 Å². The van der Waals surface area contributed by atoms with Crippen LogP contribution < -0.4 is 0 Å². The van der Waals surface area contributed by atoms with E-state index >= 15 is 0 Å². The molecule has 0 aliphatic carbocycles. The molecular formula is C22H28N2O3. The zero-order valence-electron chi connectivity index (χ0n) is 16.3. The maximum absolute atomic E-state index is 12.3. The lowest BCUT2D eigenvalue weighted by Crippen LogP contribution is -2.46. The van der Waals surface area contributed by atoms with Crippen molar-refractivity contribution in [1.82, 2.24) is 9.88 Å². The Kier molecular flexibility index (Phi) is 4.72. The summed E-state index contributed by atoms with van der Waals surface area (Å²) in [6, 6.07) is 5.91. The number of fused-ring (bicyclic) bond motifs is 5. The zero-order valence-corrected chi connectivity index (χ0v) is 16.3. The number of ketones is 1. The smallest absolute Gasteiger partial charge is 0.159 e. The predicted molar refractivity (Wildman–Crippen MR) is 106 cm³/mol. The number of nitrogens with zero attached hydrogens (tertiary/aromatic N) is 1. The van der Waals surface area contributed by atoms with Crippen molar-refractivity contribution < 1.29 is 14.6 Å². The van der Waals surface area contributed by atoms with Crippen molar-refractivity contribution >= 4 is 16.7 Å². The molecular weight excluding hydrogens is 340 g/mol. The minimum absolute atomic E-state index is 0.0964. The second-order valence-corrected chi connectivity index (χ2v) is 7.85. The maximum atomic E-state index is 12.3. The highest BCUT2D eigenvalue weighted by Gasteiger charge is 2.41. The van der Waals surface area contributed by atoms with Gasteiger partial charge >= 0.3 is 0 Å². The molecule has 2 aromatic rings. The van der Waals surface area contributed by atoms with E-state index in [9.17, 15) is 9.90 Å². The summed E-state index contributed by atoms with van der Waals surface area (Å²) in [6.45, 7) is 5.82. The maximum Gasteiger partial charge on any atom is 0.159 e. The summed E-state index contributed by atoms with van der Waals surface area (Å²) in [5.74, 6) is 1.09. The fraction of sp³-hybridized carbons (Fsp3) is 0.500. The number of Topliss-reactive ketones (excluding diaryl/α,β-unsaturated/α-hetero) is 1. The molecule has 1 aromatic carbocycles. The van der Waals surface area contributed by atoms with Gasteiger partial charge in [-0.05, 0) is 49.3 Å². The van der Waals surface area contributed by atoms with E-state index in [0.29, 0.717) is 11.7 Å². The first-order valence-corrected chi connectivity index (χ1v) is 9.85. The molecule has 3 atom stereocenters. The third kappa shape index (κ3) is 2.94. The van der Waals surface area contributed by atoms with Crippen molar-refractivity contribution in [2.75, 3.05) is 20.2 Å². The third-order valence-electron chi connectivity index (χ3n) is 6.45. The minimum Gasteiger partial charge on any atom is -0.507 e. The van der Waals surface area contributed by atoms with Crippen molar-refractivity contribution in [3.8, 4) is 5.75 Å². The molecule has 3 heterocycles. The van der Waals surface area contributed by atoms with Crippen molar-refractivity contribution in [1.29, 1.82) is 0 Å². The monoisotopic (exact) mass is 368 g/mol.